The highest BCUT2D eigenvalue weighted by atomic mass is 32.2. The molecule has 0 amide bonds. The number of rotatable bonds is 8. The summed E-state index contributed by atoms with van der Waals surface area (Å²) in [5.74, 6) is 4.08. The summed E-state index contributed by atoms with van der Waals surface area (Å²) in [6, 6.07) is 0. The van der Waals surface area contributed by atoms with Crippen molar-refractivity contribution in [3.8, 4) is 0 Å². The van der Waals surface area contributed by atoms with Gasteiger partial charge in [0.25, 0.3) is 0 Å². The molecule has 0 aromatic carbocycles. The van der Waals surface area contributed by atoms with Gasteiger partial charge in [-0.05, 0) is 49.8 Å². The van der Waals surface area contributed by atoms with Crippen LogP contribution in [0.1, 0.15) is 45.4 Å². The van der Waals surface area contributed by atoms with Crippen LogP contribution in [-0.2, 0) is 0 Å². The fourth-order valence-electron chi connectivity index (χ4n) is 3.12. The Morgan fingerprint density at radius 2 is 1.94 bits per heavy atom. The molecule has 2 rings (SSSR count). The second-order valence-electron chi connectivity index (χ2n) is 5.78. The quantitative estimate of drug-likeness (QED) is 0.701. The van der Waals surface area contributed by atoms with E-state index in [-0.39, 0.29) is 5.54 Å². The van der Waals surface area contributed by atoms with Gasteiger partial charge in [-0.3, -0.25) is 0 Å². The first-order valence-corrected chi connectivity index (χ1v) is 8.40. The van der Waals surface area contributed by atoms with E-state index in [0.717, 1.165) is 24.1 Å². The summed E-state index contributed by atoms with van der Waals surface area (Å²) >= 11 is 2.07. The zero-order chi connectivity index (χ0) is 12.1. The number of thioether (sulfide) groups is 1. The highest BCUT2D eigenvalue weighted by Gasteiger charge is 2.44. The van der Waals surface area contributed by atoms with Gasteiger partial charge in [0.05, 0.1) is 12.1 Å². The molecule has 3 heteroatoms. The summed E-state index contributed by atoms with van der Waals surface area (Å²) < 4.78 is 0. The smallest absolute Gasteiger partial charge is 0.0624 e. The highest BCUT2D eigenvalue weighted by Crippen LogP contribution is 2.41. The Kier molecular flexibility index (Phi) is 5.19. The van der Waals surface area contributed by atoms with Crippen molar-refractivity contribution in [3.05, 3.63) is 0 Å². The van der Waals surface area contributed by atoms with Crippen molar-refractivity contribution < 1.29 is 5.11 Å². The second-order valence-corrected chi connectivity index (χ2v) is 6.81. The summed E-state index contributed by atoms with van der Waals surface area (Å²) in [5, 5.41) is 13.3. The number of aliphatic hydroxyl groups excluding tert-OH is 1. The number of likely N-dealkylation sites (N-methyl/N-ethyl adjacent to an activating group) is 1. The van der Waals surface area contributed by atoms with E-state index in [2.05, 4.69) is 24.0 Å². The van der Waals surface area contributed by atoms with Gasteiger partial charge < -0.3 is 10.4 Å². The molecule has 2 aliphatic rings. The predicted molar refractivity (Wildman–Crippen MR) is 75.5 cm³/mol. The minimum Gasteiger partial charge on any atom is -0.394 e. The third-order valence-electron chi connectivity index (χ3n) is 4.36. The molecule has 100 valence electrons. The third kappa shape index (κ3) is 3.62. The van der Waals surface area contributed by atoms with E-state index < -0.39 is 0 Å². The lowest BCUT2D eigenvalue weighted by molar-refractivity contribution is 0.161. The molecule has 2 N–H and O–H groups in total. The molecule has 0 aliphatic heterocycles. The summed E-state index contributed by atoms with van der Waals surface area (Å²) in [7, 11) is 0. The molecule has 0 radical (unpaired) electrons. The van der Waals surface area contributed by atoms with Crippen LogP contribution in [0, 0.1) is 11.8 Å². The fraction of sp³-hybridized carbons (Fsp3) is 1.00. The number of aliphatic hydroxyl groups is 1. The van der Waals surface area contributed by atoms with E-state index in [4.69, 9.17) is 0 Å². The topological polar surface area (TPSA) is 32.3 Å². The van der Waals surface area contributed by atoms with Gasteiger partial charge in [0, 0.05) is 5.75 Å². The predicted octanol–water partition coefficient (Wildman–Crippen LogP) is 2.66. The van der Waals surface area contributed by atoms with E-state index in [0.29, 0.717) is 6.61 Å². The van der Waals surface area contributed by atoms with Crippen molar-refractivity contribution in [3.63, 3.8) is 0 Å². The van der Waals surface area contributed by atoms with Crippen LogP contribution in [0.3, 0.4) is 0 Å². The van der Waals surface area contributed by atoms with Gasteiger partial charge in [-0.15, -0.1) is 0 Å². The van der Waals surface area contributed by atoms with Gasteiger partial charge in [-0.1, -0.05) is 19.8 Å². The normalized spacial score (nSPS) is 25.1. The first-order valence-electron chi connectivity index (χ1n) is 7.24. The molecule has 0 spiro atoms. The number of hydrogen-bond acceptors (Lipinski definition) is 3. The van der Waals surface area contributed by atoms with Gasteiger partial charge in [-0.25, -0.2) is 0 Å². The van der Waals surface area contributed by atoms with Gasteiger partial charge in [0.15, 0.2) is 0 Å². The molecule has 0 saturated heterocycles. The van der Waals surface area contributed by atoms with Crippen molar-refractivity contribution in [1.82, 2.24) is 5.32 Å². The zero-order valence-corrected chi connectivity index (χ0v) is 11.9. The first-order chi connectivity index (χ1) is 8.30. The van der Waals surface area contributed by atoms with Crippen LogP contribution in [0.4, 0.5) is 0 Å². The van der Waals surface area contributed by atoms with Gasteiger partial charge in [0.1, 0.15) is 0 Å². The van der Waals surface area contributed by atoms with Crippen molar-refractivity contribution in [1.29, 1.82) is 0 Å². The molecule has 2 aliphatic carbocycles. The van der Waals surface area contributed by atoms with E-state index >= 15 is 0 Å². The molecule has 0 aromatic rings. The van der Waals surface area contributed by atoms with Crippen LogP contribution in [-0.4, -0.2) is 35.3 Å². The van der Waals surface area contributed by atoms with Crippen LogP contribution in [0.5, 0.6) is 0 Å². The van der Waals surface area contributed by atoms with E-state index in [1.54, 1.807) is 0 Å². The molecular formula is C14H27NOS. The Hall–Kier alpha value is 0.270. The number of hydrogen-bond donors (Lipinski definition) is 2. The average molecular weight is 257 g/mol. The molecule has 1 atom stereocenters. The molecule has 2 fully saturated rings. The van der Waals surface area contributed by atoms with Crippen molar-refractivity contribution in [2.75, 3.05) is 24.7 Å². The van der Waals surface area contributed by atoms with E-state index in [1.165, 1.54) is 44.3 Å². The molecular weight excluding hydrogens is 230 g/mol. The maximum Gasteiger partial charge on any atom is 0.0624 e. The lowest BCUT2D eigenvalue weighted by atomic mass is 9.97. The third-order valence-corrected chi connectivity index (χ3v) is 5.78. The number of nitrogens with one attached hydrogen (secondary N) is 1. The van der Waals surface area contributed by atoms with Crippen LogP contribution in [0.2, 0.25) is 0 Å². The minimum atomic E-state index is 0.0258. The Morgan fingerprint density at radius 3 is 2.47 bits per heavy atom. The second kappa shape index (κ2) is 6.44. The maximum atomic E-state index is 9.73. The Morgan fingerprint density at radius 1 is 1.24 bits per heavy atom. The average Bonchev–Trinajstić information content (AvgIpc) is 3.07. The molecule has 0 heterocycles. The molecule has 17 heavy (non-hydrogen) atoms. The van der Waals surface area contributed by atoms with Crippen LogP contribution in [0.25, 0.3) is 0 Å². The lowest BCUT2D eigenvalue weighted by Crippen LogP contribution is -2.52. The van der Waals surface area contributed by atoms with Crippen LogP contribution in [0.15, 0.2) is 0 Å². The van der Waals surface area contributed by atoms with Crippen LogP contribution < -0.4 is 5.32 Å². The Bertz CT molecular complexity index is 226. The summed E-state index contributed by atoms with van der Waals surface area (Å²) in [6.07, 6.45) is 8.35. The molecule has 1 unspecified atom stereocenters. The standard InChI is InChI=1S/C14H27NOS/c1-2-15-14(10-16,13-7-8-13)11-17-9-12-5-3-4-6-12/h12-13,15-16H,2-11H2,1H3. The van der Waals surface area contributed by atoms with Crippen molar-refractivity contribution in [2.45, 2.75) is 51.0 Å². The molecule has 0 bridgehead atoms. The lowest BCUT2D eigenvalue weighted by Gasteiger charge is -2.33. The highest BCUT2D eigenvalue weighted by molar-refractivity contribution is 7.99. The first kappa shape index (κ1) is 13.7. The van der Waals surface area contributed by atoms with E-state index in [9.17, 15) is 5.11 Å². The molecule has 2 saturated carbocycles. The molecule has 0 aromatic heterocycles. The summed E-state index contributed by atoms with van der Waals surface area (Å²) in [4.78, 5) is 0. The maximum absolute atomic E-state index is 9.73. The zero-order valence-electron chi connectivity index (χ0n) is 11.1. The largest absolute Gasteiger partial charge is 0.394 e. The van der Waals surface area contributed by atoms with Crippen molar-refractivity contribution in [2.24, 2.45) is 11.8 Å². The van der Waals surface area contributed by atoms with Gasteiger partial charge in [-0.2, -0.15) is 11.8 Å². The summed E-state index contributed by atoms with van der Waals surface area (Å²) in [6.45, 7) is 3.43. The minimum absolute atomic E-state index is 0.0258. The monoisotopic (exact) mass is 257 g/mol. The molecule has 2 nitrogen and oxygen atoms in total. The van der Waals surface area contributed by atoms with Crippen LogP contribution >= 0.6 is 11.8 Å². The van der Waals surface area contributed by atoms with Crippen molar-refractivity contribution >= 4 is 11.8 Å². The van der Waals surface area contributed by atoms with Gasteiger partial charge in [0.2, 0.25) is 0 Å². The SMILES string of the molecule is CCNC(CO)(CSCC1CCCC1)C1CC1. The fourth-order valence-corrected chi connectivity index (χ4v) is 4.69. The van der Waals surface area contributed by atoms with E-state index in [1.807, 2.05) is 0 Å². The Balaban J connectivity index is 1.75. The Labute approximate surface area is 110 Å². The summed E-state index contributed by atoms with van der Waals surface area (Å²) in [5.41, 5.74) is 0.0258. The van der Waals surface area contributed by atoms with Gasteiger partial charge >= 0.3 is 0 Å².